The molecule has 0 fully saturated rings. The molecule has 0 aliphatic heterocycles. The van der Waals surface area contributed by atoms with Gasteiger partial charge < -0.3 is 14.6 Å². The third-order valence-electron chi connectivity index (χ3n) is 5.63. The summed E-state index contributed by atoms with van der Waals surface area (Å²) in [5, 5.41) is 10.3. The number of aromatic amines is 2. The third-order valence-corrected chi connectivity index (χ3v) is 5.92. The van der Waals surface area contributed by atoms with Crippen LogP contribution in [0.25, 0.3) is 33.1 Å². The van der Waals surface area contributed by atoms with Crippen molar-refractivity contribution < 1.29 is 9.13 Å². The number of rotatable bonds is 6. The van der Waals surface area contributed by atoms with Crippen LogP contribution in [-0.2, 0) is 6.54 Å². The van der Waals surface area contributed by atoms with Crippen molar-refractivity contribution in [2.24, 2.45) is 0 Å². The van der Waals surface area contributed by atoms with Gasteiger partial charge in [-0.3, -0.25) is 15.0 Å². The van der Waals surface area contributed by atoms with Crippen LogP contribution >= 0.6 is 11.6 Å². The Balaban J connectivity index is 1.37. The molecular weight excluding hydrogens is 447 g/mol. The molecule has 168 valence electrons. The van der Waals surface area contributed by atoms with E-state index in [2.05, 4.69) is 25.5 Å². The zero-order chi connectivity index (χ0) is 23.1. The average molecular weight is 467 g/mol. The first-order valence-corrected chi connectivity index (χ1v) is 10.6. The summed E-state index contributed by atoms with van der Waals surface area (Å²) in [6.07, 6.45) is 1.49. The van der Waals surface area contributed by atoms with Crippen molar-refractivity contribution in [3.05, 3.63) is 69.6 Å². The largest absolute Gasteiger partial charge is 0.493 e. The van der Waals surface area contributed by atoms with E-state index in [1.807, 2.05) is 35.8 Å². The molecule has 0 saturated carbocycles. The minimum Gasteiger partial charge on any atom is -0.493 e. The number of nitrogens with zero attached hydrogens (tertiary/aromatic N) is 3. The number of nitrogens with one attached hydrogen (secondary N) is 3. The minimum absolute atomic E-state index is 0.158. The topological polar surface area (TPSA) is 101 Å². The maximum absolute atomic E-state index is 14.2. The Morgan fingerprint density at radius 1 is 1.15 bits per heavy atom. The number of methoxy groups -OCH3 is 1. The van der Waals surface area contributed by atoms with Crippen LogP contribution in [0, 0.1) is 12.7 Å². The second-order valence-corrected chi connectivity index (χ2v) is 8.04. The normalized spacial score (nSPS) is 11.4. The molecule has 0 amide bonds. The maximum atomic E-state index is 14.2. The van der Waals surface area contributed by atoms with E-state index < -0.39 is 5.82 Å². The zero-order valence-corrected chi connectivity index (χ0v) is 18.6. The van der Waals surface area contributed by atoms with E-state index in [4.69, 9.17) is 16.3 Å². The Labute approximate surface area is 192 Å². The van der Waals surface area contributed by atoms with E-state index in [0.29, 0.717) is 40.2 Å². The number of hydrogen-bond donors (Lipinski definition) is 3. The number of fused-ring (bicyclic) bond motifs is 2. The van der Waals surface area contributed by atoms with Crippen LogP contribution in [0.5, 0.6) is 5.75 Å². The number of aromatic nitrogens is 5. The minimum atomic E-state index is -0.485. The summed E-state index contributed by atoms with van der Waals surface area (Å²) < 4.78 is 21.5. The molecule has 0 saturated heterocycles. The molecular formula is C23H20ClFN6O2. The summed E-state index contributed by atoms with van der Waals surface area (Å²) in [4.78, 5) is 20.4. The Morgan fingerprint density at radius 3 is 2.82 bits per heavy atom. The van der Waals surface area contributed by atoms with Crippen LogP contribution in [-0.4, -0.2) is 38.4 Å². The number of ether oxygens (including phenoxy) is 1. The lowest BCUT2D eigenvalue weighted by molar-refractivity contribution is 0.392. The molecule has 2 aromatic carbocycles. The van der Waals surface area contributed by atoms with Gasteiger partial charge in [0.25, 0.3) is 5.56 Å². The standard InChI is InChI=1S/C23H20ClFN6O2/c1-12-7-15-21(16(24)9-17(25)22(15)33-2)31(12)6-5-26-20-10-18(27-11-28-20)13-3-4-14-19(8-13)29-30-23(14)32/h3-4,7-11H,5-6H2,1-2H3,(H,26,27,28)(H2,29,30,32). The van der Waals surface area contributed by atoms with Crippen molar-refractivity contribution in [1.82, 2.24) is 24.7 Å². The first-order chi connectivity index (χ1) is 16.0. The molecule has 0 atom stereocenters. The van der Waals surface area contributed by atoms with Crippen LogP contribution in [0.1, 0.15) is 5.69 Å². The molecule has 33 heavy (non-hydrogen) atoms. The van der Waals surface area contributed by atoms with Gasteiger partial charge in [-0.25, -0.2) is 14.4 Å². The molecule has 8 nitrogen and oxygen atoms in total. The average Bonchev–Trinajstić information content (AvgIpc) is 3.34. The highest BCUT2D eigenvalue weighted by atomic mass is 35.5. The Morgan fingerprint density at radius 2 is 2.00 bits per heavy atom. The summed E-state index contributed by atoms with van der Waals surface area (Å²) >= 11 is 6.36. The Kier molecular flexibility index (Phi) is 5.26. The molecule has 3 heterocycles. The SMILES string of the molecule is COc1c(F)cc(Cl)c2c1cc(C)n2CCNc1cc(-c2ccc3c(=O)[nH][nH]c3c2)ncn1. The second kappa shape index (κ2) is 8.25. The molecule has 0 radical (unpaired) electrons. The first-order valence-electron chi connectivity index (χ1n) is 10.2. The highest BCUT2D eigenvalue weighted by Gasteiger charge is 2.17. The molecule has 0 aliphatic rings. The van der Waals surface area contributed by atoms with Crippen molar-refractivity contribution in [2.45, 2.75) is 13.5 Å². The fraction of sp³-hybridized carbons (Fsp3) is 0.174. The Hall–Kier alpha value is -3.85. The van der Waals surface area contributed by atoms with E-state index in [1.54, 1.807) is 6.07 Å². The maximum Gasteiger partial charge on any atom is 0.271 e. The van der Waals surface area contributed by atoms with Crippen LogP contribution in [0.15, 0.2) is 47.5 Å². The van der Waals surface area contributed by atoms with Crippen LogP contribution in [0.2, 0.25) is 5.02 Å². The predicted molar refractivity (Wildman–Crippen MR) is 127 cm³/mol. The van der Waals surface area contributed by atoms with Gasteiger partial charge in [0, 0.05) is 35.8 Å². The fourth-order valence-corrected chi connectivity index (χ4v) is 4.38. The number of aryl methyl sites for hydroxylation is 1. The van der Waals surface area contributed by atoms with E-state index >= 15 is 0 Å². The van der Waals surface area contributed by atoms with Gasteiger partial charge in [-0.15, -0.1) is 0 Å². The number of halogens is 2. The van der Waals surface area contributed by atoms with Gasteiger partial charge in [0.05, 0.1) is 34.2 Å². The summed E-state index contributed by atoms with van der Waals surface area (Å²) in [6, 6.07) is 10.5. The van der Waals surface area contributed by atoms with E-state index in [1.165, 1.54) is 19.5 Å². The third kappa shape index (κ3) is 3.70. The molecule has 3 aromatic heterocycles. The lowest BCUT2D eigenvalue weighted by Gasteiger charge is -2.12. The number of anilines is 1. The summed E-state index contributed by atoms with van der Waals surface area (Å²) in [5.41, 5.74) is 3.80. The predicted octanol–water partition coefficient (Wildman–Crippen LogP) is 4.49. The molecule has 5 aromatic rings. The van der Waals surface area contributed by atoms with Gasteiger partial charge in [-0.2, -0.15) is 0 Å². The van der Waals surface area contributed by atoms with Gasteiger partial charge in [0.15, 0.2) is 11.6 Å². The van der Waals surface area contributed by atoms with Gasteiger partial charge in [-0.05, 0) is 31.2 Å². The van der Waals surface area contributed by atoms with Crippen molar-refractivity contribution in [3.63, 3.8) is 0 Å². The van der Waals surface area contributed by atoms with Crippen molar-refractivity contribution in [3.8, 4) is 17.0 Å². The van der Waals surface area contributed by atoms with Gasteiger partial charge >= 0.3 is 0 Å². The highest BCUT2D eigenvalue weighted by molar-refractivity contribution is 6.35. The van der Waals surface area contributed by atoms with Gasteiger partial charge in [-0.1, -0.05) is 17.7 Å². The smallest absolute Gasteiger partial charge is 0.271 e. The van der Waals surface area contributed by atoms with Crippen molar-refractivity contribution >= 4 is 39.2 Å². The summed E-state index contributed by atoms with van der Waals surface area (Å²) in [6.45, 7) is 3.08. The molecule has 0 bridgehead atoms. The first kappa shape index (κ1) is 21.0. The monoisotopic (exact) mass is 466 g/mol. The lowest BCUT2D eigenvalue weighted by Crippen LogP contribution is -2.12. The van der Waals surface area contributed by atoms with Gasteiger partial charge in [0.1, 0.15) is 12.1 Å². The summed E-state index contributed by atoms with van der Waals surface area (Å²) in [7, 11) is 1.44. The van der Waals surface area contributed by atoms with E-state index in [-0.39, 0.29) is 11.3 Å². The van der Waals surface area contributed by atoms with Crippen molar-refractivity contribution in [1.29, 1.82) is 0 Å². The van der Waals surface area contributed by atoms with E-state index in [9.17, 15) is 9.18 Å². The molecule has 0 unspecified atom stereocenters. The highest BCUT2D eigenvalue weighted by Crippen LogP contribution is 2.36. The summed E-state index contributed by atoms with van der Waals surface area (Å²) in [5.74, 6) is 0.359. The molecule has 3 N–H and O–H groups in total. The number of benzene rings is 2. The van der Waals surface area contributed by atoms with Crippen LogP contribution in [0.3, 0.4) is 0 Å². The quantitative estimate of drug-likeness (QED) is 0.342. The molecule has 0 spiro atoms. The fourth-order valence-electron chi connectivity index (χ4n) is 4.08. The van der Waals surface area contributed by atoms with Crippen LogP contribution in [0.4, 0.5) is 10.2 Å². The zero-order valence-electron chi connectivity index (χ0n) is 17.9. The lowest BCUT2D eigenvalue weighted by atomic mass is 10.1. The molecule has 10 heteroatoms. The van der Waals surface area contributed by atoms with Crippen molar-refractivity contribution in [2.75, 3.05) is 19.0 Å². The van der Waals surface area contributed by atoms with Gasteiger partial charge in [0.2, 0.25) is 0 Å². The number of hydrogen-bond acceptors (Lipinski definition) is 5. The molecule has 5 rings (SSSR count). The second-order valence-electron chi connectivity index (χ2n) is 7.63. The van der Waals surface area contributed by atoms with E-state index in [0.717, 1.165) is 22.5 Å². The molecule has 0 aliphatic carbocycles. The number of H-pyrrole nitrogens is 2. The Bertz CT molecular complexity index is 1550. The van der Waals surface area contributed by atoms with Crippen LogP contribution < -0.4 is 15.6 Å².